The zero-order chi connectivity index (χ0) is 6.57. The first kappa shape index (κ1) is 11.7. The average molecular weight is 132 g/mol. The van der Waals surface area contributed by atoms with Crippen molar-refractivity contribution in [3.8, 4) is 0 Å². The topological polar surface area (TPSA) is 38.2 Å². The summed E-state index contributed by atoms with van der Waals surface area (Å²) in [6, 6.07) is 0. The molecule has 2 nitrogen and oxygen atoms in total. The van der Waals surface area contributed by atoms with Crippen LogP contribution in [0.25, 0.3) is 0 Å². The molecule has 0 aromatic carbocycles. The fraction of sp³-hybridized carbons (Fsp3) is 1.00. The first-order valence-corrected chi connectivity index (χ1v) is 3.24. The van der Waals surface area contributed by atoms with Gasteiger partial charge in [-0.2, -0.15) is 0 Å². The Morgan fingerprint density at radius 2 is 1.22 bits per heavy atom. The average Bonchev–Trinajstić information content (AvgIpc) is 2.19. The van der Waals surface area contributed by atoms with Crippen molar-refractivity contribution in [3.63, 3.8) is 0 Å². The fourth-order valence-corrected chi connectivity index (χ4v) is 0.167. The summed E-state index contributed by atoms with van der Waals surface area (Å²) in [5, 5.41) is 0. The Balaban J connectivity index is 0. The van der Waals surface area contributed by atoms with Crippen LogP contribution in [0.3, 0.4) is 0 Å². The van der Waals surface area contributed by atoms with E-state index in [0.717, 1.165) is 5.92 Å². The molecule has 2 heteroatoms. The van der Waals surface area contributed by atoms with E-state index in [4.69, 9.17) is 0 Å². The van der Waals surface area contributed by atoms with Crippen molar-refractivity contribution in [1.29, 1.82) is 0 Å². The van der Waals surface area contributed by atoms with Crippen LogP contribution in [0, 0.1) is 5.92 Å². The highest BCUT2D eigenvalue weighted by Crippen LogP contribution is 2.26. The van der Waals surface area contributed by atoms with E-state index in [9.17, 15) is 0 Å². The maximum absolute atomic E-state index is 2.28. The Kier molecular flexibility index (Phi) is 7.85. The highest BCUT2D eigenvalue weighted by molar-refractivity contribution is 4.65. The summed E-state index contributed by atoms with van der Waals surface area (Å²) in [5.74, 6) is 1.08. The van der Waals surface area contributed by atoms with Gasteiger partial charge in [0.1, 0.15) is 0 Å². The van der Waals surface area contributed by atoms with E-state index in [2.05, 4.69) is 6.92 Å². The van der Waals surface area contributed by atoms with Crippen molar-refractivity contribution in [2.24, 2.45) is 5.92 Å². The number of nitrogens with zero attached hydrogens (tertiary/aromatic N) is 1. The first-order chi connectivity index (χ1) is 3.63. The third-order valence-electron chi connectivity index (χ3n) is 0.866. The van der Waals surface area contributed by atoms with Crippen molar-refractivity contribution in [1.82, 2.24) is 11.1 Å². The van der Waals surface area contributed by atoms with E-state index >= 15 is 0 Å². The Morgan fingerprint density at radius 3 is 1.22 bits per heavy atom. The van der Waals surface area contributed by atoms with Gasteiger partial charge >= 0.3 is 0 Å². The molecule has 0 aromatic heterocycles. The van der Waals surface area contributed by atoms with Crippen molar-refractivity contribution in [2.75, 3.05) is 21.1 Å². The summed E-state index contributed by atoms with van der Waals surface area (Å²) < 4.78 is 0. The number of rotatable bonds is 0. The van der Waals surface area contributed by atoms with Gasteiger partial charge in [-0.05, 0) is 27.1 Å². The summed E-state index contributed by atoms with van der Waals surface area (Å²) in [5.41, 5.74) is 0. The van der Waals surface area contributed by atoms with Gasteiger partial charge in [0.05, 0.1) is 0 Å². The predicted octanol–water partition coefficient (Wildman–Crippen LogP) is 1.76. The van der Waals surface area contributed by atoms with E-state index in [-0.39, 0.29) is 6.15 Å². The summed E-state index contributed by atoms with van der Waals surface area (Å²) in [6.45, 7) is 2.28. The molecule has 0 unspecified atom stereocenters. The summed E-state index contributed by atoms with van der Waals surface area (Å²) in [6.07, 6.45) is 2.97. The van der Waals surface area contributed by atoms with Crippen LogP contribution in [0.1, 0.15) is 19.8 Å². The maximum atomic E-state index is 2.28. The van der Waals surface area contributed by atoms with Crippen LogP contribution in [0.2, 0.25) is 0 Å². The first-order valence-electron chi connectivity index (χ1n) is 3.24. The van der Waals surface area contributed by atoms with Crippen LogP contribution < -0.4 is 6.15 Å². The normalized spacial score (nSPS) is 15.7. The Labute approximate surface area is 58.8 Å². The molecular formula is C7H20N2. The van der Waals surface area contributed by atoms with Gasteiger partial charge in [-0.25, -0.2) is 0 Å². The Hall–Kier alpha value is -0.0800. The van der Waals surface area contributed by atoms with Gasteiger partial charge < -0.3 is 11.1 Å². The lowest BCUT2D eigenvalue weighted by molar-refractivity contribution is 0.505. The van der Waals surface area contributed by atoms with Gasteiger partial charge in [-0.15, -0.1) is 0 Å². The molecule has 0 aromatic rings. The predicted molar refractivity (Wildman–Crippen MR) is 43.0 cm³/mol. The van der Waals surface area contributed by atoms with Crippen molar-refractivity contribution in [2.45, 2.75) is 19.8 Å². The van der Waals surface area contributed by atoms with Gasteiger partial charge in [-0.1, -0.05) is 19.8 Å². The van der Waals surface area contributed by atoms with Gasteiger partial charge in [-0.3, -0.25) is 0 Å². The largest absolute Gasteiger partial charge is 0.344 e. The minimum absolute atomic E-state index is 0. The molecule has 1 rings (SSSR count). The highest BCUT2D eigenvalue weighted by Gasteiger charge is 2.12. The second kappa shape index (κ2) is 6.05. The minimum Gasteiger partial charge on any atom is -0.344 e. The standard InChI is InChI=1S/C4H8.C3H9N.H3N/c1-4-2-3-4;1-4(2)3;/h4H,2-3H2,1H3;1-3H3;1H3. The molecule has 9 heavy (non-hydrogen) atoms. The SMILES string of the molecule is CC1CC1.CN(C)C.N. The van der Waals surface area contributed by atoms with Gasteiger partial charge in [0.2, 0.25) is 0 Å². The maximum Gasteiger partial charge on any atom is -0.0140 e. The summed E-state index contributed by atoms with van der Waals surface area (Å²) in [7, 11) is 6.00. The smallest absolute Gasteiger partial charge is 0.0140 e. The zero-order valence-corrected chi connectivity index (χ0v) is 7.15. The molecule has 0 aliphatic heterocycles. The second-order valence-electron chi connectivity index (χ2n) is 3.02. The molecule has 0 saturated heterocycles. The van der Waals surface area contributed by atoms with Crippen LogP contribution in [0.15, 0.2) is 0 Å². The van der Waals surface area contributed by atoms with E-state index in [1.165, 1.54) is 12.8 Å². The van der Waals surface area contributed by atoms with Crippen LogP contribution in [-0.4, -0.2) is 26.0 Å². The van der Waals surface area contributed by atoms with Gasteiger partial charge in [0.25, 0.3) is 0 Å². The van der Waals surface area contributed by atoms with Crippen molar-refractivity contribution < 1.29 is 0 Å². The zero-order valence-electron chi connectivity index (χ0n) is 7.15. The Morgan fingerprint density at radius 1 is 1.11 bits per heavy atom. The molecule has 1 saturated carbocycles. The lowest BCUT2D eigenvalue weighted by Crippen LogP contribution is -1.99. The van der Waals surface area contributed by atoms with Crippen LogP contribution in [0.5, 0.6) is 0 Å². The van der Waals surface area contributed by atoms with Crippen LogP contribution >= 0.6 is 0 Å². The lowest BCUT2D eigenvalue weighted by atomic mass is 10.5. The van der Waals surface area contributed by atoms with E-state index < -0.39 is 0 Å². The molecular weight excluding hydrogens is 112 g/mol. The summed E-state index contributed by atoms with van der Waals surface area (Å²) in [4.78, 5) is 2.00. The molecule has 0 amide bonds. The molecule has 3 N–H and O–H groups in total. The molecule has 0 bridgehead atoms. The lowest BCUT2D eigenvalue weighted by Gasteiger charge is -1.90. The Bertz CT molecular complexity index is 46.1. The van der Waals surface area contributed by atoms with E-state index in [1.807, 2.05) is 26.0 Å². The highest BCUT2D eigenvalue weighted by atomic mass is 15.0. The van der Waals surface area contributed by atoms with Gasteiger partial charge in [0, 0.05) is 0 Å². The summed E-state index contributed by atoms with van der Waals surface area (Å²) >= 11 is 0. The molecule has 0 heterocycles. The molecule has 58 valence electrons. The van der Waals surface area contributed by atoms with Crippen molar-refractivity contribution in [3.05, 3.63) is 0 Å². The van der Waals surface area contributed by atoms with E-state index in [1.54, 1.807) is 0 Å². The third kappa shape index (κ3) is 32.6. The minimum atomic E-state index is 0. The van der Waals surface area contributed by atoms with E-state index in [0.29, 0.717) is 0 Å². The second-order valence-corrected chi connectivity index (χ2v) is 3.02. The fourth-order valence-electron chi connectivity index (χ4n) is 0.167. The van der Waals surface area contributed by atoms with Crippen molar-refractivity contribution >= 4 is 0 Å². The molecule has 1 aliphatic carbocycles. The van der Waals surface area contributed by atoms with Crippen LogP contribution in [0.4, 0.5) is 0 Å². The molecule has 0 atom stereocenters. The molecule has 0 spiro atoms. The third-order valence-corrected chi connectivity index (χ3v) is 0.866. The molecule has 1 aliphatic rings. The number of hydrogen-bond acceptors (Lipinski definition) is 2. The number of hydrogen-bond donors (Lipinski definition) is 1. The quantitative estimate of drug-likeness (QED) is 0.545. The monoisotopic (exact) mass is 132 g/mol. The molecule has 1 fully saturated rings. The molecule has 0 radical (unpaired) electrons. The van der Waals surface area contributed by atoms with Gasteiger partial charge in [0.15, 0.2) is 0 Å². The van der Waals surface area contributed by atoms with Crippen LogP contribution in [-0.2, 0) is 0 Å².